The van der Waals surface area contributed by atoms with E-state index in [1.54, 1.807) is 0 Å². The Morgan fingerprint density at radius 3 is 1.91 bits per heavy atom. The molecular weight excluding hydrogens is 709 g/mol. The standard InChI is InChI=1S/C54H34N2O2/c1-2-16-38(17-3-1)56-49-25-8-6-21-47(49)54-52(56)48-24-12-23-44(53(48)58-54)37-15-10-18-40(33-37)55(41-31-32-46-45-20-7-9-26-50(45)57-51(46)34-41)39-29-27-36(28-30-39)43-22-11-14-35-13-4-5-19-42(35)43/h1-34H. The molecular formula is C54H34N2O2. The van der Waals surface area contributed by atoms with E-state index in [1.807, 2.05) is 12.1 Å². The zero-order valence-electron chi connectivity index (χ0n) is 31.3. The van der Waals surface area contributed by atoms with Crippen molar-refractivity contribution in [2.45, 2.75) is 0 Å². The number of furan rings is 2. The van der Waals surface area contributed by atoms with Crippen LogP contribution in [0.3, 0.4) is 0 Å². The molecule has 272 valence electrons. The van der Waals surface area contributed by atoms with Crippen molar-refractivity contribution in [1.82, 2.24) is 4.57 Å². The maximum absolute atomic E-state index is 6.94. The first-order valence-electron chi connectivity index (χ1n) is 19.7. The van der Waals surface area contributed by atoms with E-state index in [4.69, 9.17) is 8.83 Å². The molecule has 0 saturated heterocycles. The van der Waals surface area contributed by atoms with Gasteiger partial charge in [0.15, 0.2) is 5.58 Å². The van der Waals surface area contributed by atoms with E-state index < -0.39 is 0 Å². The number of hydrogen-bond acceptors (Lipinski definition) is 3. The van der Waals surface area contributed by atoms with Crippen molar-refractivity contribution in [2.24, 2.45) is 0 Å². The highest BCUT2D eigenvalue weighted by atomic mass is 16.3. The number of para-hydroxylation sites is 4. The maximum Gasteiger partial charge on any atom is 0.161 e. The number of nitrogens with zero attached hydrogens (tertiary/aromatic N) is 2. The highest BCUT2D eigenvalue weighted by molar-refractivity contribution is 6.18. The number of fused-ring (bicyclic) bond motifs is 9. The van der Waals surface area contributed by atoms with Crippen molar-refractivity contribution in [3.05, 3.63) is 206 Å². The zero-order chi connectivity index (χ0) is 38.2. The van der Waals surface area contributed by atoms with E-state index in [0.29, 0.717) is 0 Å². The van der Waals surface area contributed by atoms with Crippen LogP contribution < -0.4 is 4.90 Å². The summed E-state index contributed by atoms with van der Waals surface area (Å²) >= 11 is 0. The Hall–Kier alpha value is -7.82. The molecule has 0 aliphatic rings. The van der Waals surface area contributed by atoms with Gasteiger partial charge in [0.25, 0.3) is 0 Å². The van der Waals surface area contributed by atoms with Crippen LogP contribution in [0.2, 0.25) is 0 Å². The van der Waals surface area contributed by atoms with Crippen molar-refractivity contribution in [1.29, 1.82) is 0 Å². The first-order chi connectivity index (χ1) is 28.8. The number of aromatic nitrogens is 1. The van der Waals surface area contributed by atoms with Crippen LogP contribution in [0.15, 0.2) is 215 Å². The Kier molecular flexibility index (Phi) is 7.20. The Morgan fingerprint density at radius 1 is 0.362 bits per heavy atom. The normalized spacial score (nSPS) is 11.8. The van der Waals surface area contributed by atoms with E-state index in [1.165, 1.54) is 21.9 Å². The van der Waals surface area contributed by atoms with Gasteiger partial charge in [-0.3, -0.25) is 0 Å². The maximum atomic E-state index is 6.94. The Labute approximate surface area is 334 Å². The molecule has 3 heterocycles. The van der Waals surface area contributed by atoms with Gasteiger partial charge in [0.05, 0.1) is 5.52 Å². The fourth-order valence-electron chi connectivity index (χ4n) is 8.94. The fraction of sp³-hybridized carbons (Fsp3) is 0. The average molecular weight is 743 g/mol. The molecule has 0 fully saturated rings. The fourth-order valence-corrected chi connectivity index (χ4v) is 8.94. The lowest BCUT2D eigenvalue weighted by Crippen LogP contribution is -2.10. The lowest BCUT2D eigenvalue weighted by Gasteiger charge is -2.26. The van der Waals surface area contributed by atoms with Crippen LogP contribution in [-0.4, -0.2) is 4.57 Å². The Morgan fingerprint density at radius 2 is 1.02 bits per heavy atom. The quantitative estimate of drug-likeness (QED) is 0.170. The molecule has 0 aliphatic heterocycles. The molecule has 0 bridgehead atoms. The third kappa shape index (κ3) is 5.02. The molecule has 12 rings (SSSR count). The van der Waals surface area contributed by atoms with Gasteiger partial charge in [-0.25, -0.2) is 0 Å². The zero-order valence-corrected chi connectivity index (χ0v) is 31.3. The minimum absolute atomic E-state index is 0.852. The summed E-state index contributed by atoms with van der Waals surface area (Å²) in [6, 6.07) is 73.1. The summed E-state index contributed by atoms with van der Waals surface area (Å²) in [4.78, 5) is 2.32. The molecule has 0 N–H and O–H groups in total. The number of benzene rings is 9. The first-order valence-corrected chi connectivity index (χ1v) is 19.7. The minimum atomic E-state index is 0.852. The molecule has 0 unspecified atom stereocenters. The van der Waals surface area contributed by atoms with Gasteiger partial charge in [-0.15, -0.1) is 0 Å². The first kappa shape index (κ1) is 32.4. The summed E-state index contributed by atoms with van der Waals surface area (Å²) in [6.45, 7) is 0. The van der Waals surface area contributed by atoms with E-state index in [2.05, 4.69) is 204 Å². The Bertz CT molecular complexity index is 3510. The molecule has 4 heteroatoms. The highest BCUT2D eigenvalue weighted by Crippen LogP contribution is 2.44. The van der Waals surface area contributed by atoms with Crippen LogP contribution >= 0.6 is 0 Å². The van der Waals surface area contributed by atoms with E-state index in [9.17, 15) is 0 Å². The van der Waals surface area contributed by atoms with Crippen molar-refractivity contribution >= 4 is 82.7 Å². The summed E-state index contributed by atoms with van der Waals surface area (Å²) in [5, 5.41) is 6.86. The number of rotatable bonds is 6. The smallest absolute Gasteiger partial charge is 0.161 e. The van der Waals surface area contributed by atoms with Gasteiger partial charge in [-0.1, -0.05) is 127 Å². The topological polar surface area (TPSA) is 34.5 Å². The largest absolute Gasteiger partial charge is 0.456 e. The van der Waals surface area contributed by atoms with Crippen LogP contribution in [0, 0.1) is 0 Å². The van der Waals surface area contributed by atoms with E-state index in [-0.39, 0.29) is 0 Å². The predicted molar refractivity (Wildman–Crippen MR) is 241 cm³/mol. The van der Waals surface area contributed by atoms with Crippen LogP contribution in [0.5, 0.6) is 0 Å². The second kappa shape index (κ2) is 12.9. The Balaban J connectivity index is 1.03. The van der Waals surface area contributed by atoms with E-state index in [0.717, 1.165) is 88.8 Å². The molecule has 4 nitrogen and oxygen atoms in total. The van der Waals surface area contributed by atoms with Crippen molar-refractivity contribution < 1.29 is 8.83 Å². The van der Waals surface area contributed by atoms with Gasteiger partial charge < -0.3 is 18.3 Å². The van der Waals surface area contributed by atoms with Crippen LogP contribution in [0.4, 0.5) is 17.1 Å². The summed E-state index contributed by atoms with van der Waals surface area (Å²) in [7, 11) is 0. The minimum Gasteiger partial charge on any atom is -0.456 e. The molecule has 3 aromatic heterocycles. The van der Waals surface area contributed by atoms with Crippen LogP contribution in [0.1, 0.15) is 0 Å². The van der Waals surface area contributed by atoms with Gasteiger partial charge in [0, 0.05) is 55.9 Å². The van der Waals surface area contributed by atoms with Crippen molar-refractivity contribution in [2.75, 3.05) is 4.90 Å². The van der Waals surface area contributed by atoms with E-state index >= 15 is 0 Å². The van der Waals surface area contributed by atoms with Gasteiger partial charge in [0.2, 0.25) is 0 Å². The summed E-state index contributed by atoms with van der Waals surface area (Å²) < 4.78 is 15.7. The van der Waals surface area contributed by atoms with Gasteiger partial charge in [-0.05, 0) is 100 Å². The second-order valence-electron chi connectivity index (χ2n) is 14.9. The molecule has 0 radical (unpaired) electrons. The third-order valence-corrected chi connectivity index (χ3v) is 11.6. The number of hydrogen-bond donors (Lipinski definition) is 0. The SMILES string of the molecule is c1ccc(-n2c3ccccc3c3oc4c(-c5cccc(N(c6ccc(-c7cccc8ccccc78)cc6)c6ccc7c(c6)oc6ccccc67)c5)cccc4c32)cc1. The third-order valence-electron chi connectivity index (χ3n) is 11.6. The van der Waals surface area contributed by atoms with Gasteiger partial charge in [0.1, 0.15) is 22.3 Å². The number of anilines is 3. The molecule has 0 amide bonds. The summed E-state index contributed by atoms with van der Waals surface area (Å²) in [6.07, 6.45) is 0. The summed E-state index contributed by atoms with van der Waals surface area (Å²) in [5.74, 6) is 0. The molecule has 0 atom stereocenters. The molecule has 9 aromatic carbocycles. The monoisotopic (exact) mass is 742 g/mol. The molecule has 0 aliphatic carbocycles. The van der Waals surface area contributed by atoms with Crippen LogP contribution in [-0.2, 0) is 0 Å². The molecule has 0 spiro atoms. The average Bonchev–Trinajstić information content (AvgIpc) is 3.96. The highest BCUT2D eigenvalue weighted by Gasteiger charge is 2.22. The molecule has 0 saturated carbocycles. The molecule has 58 heavy (non-hydrogen) atoms. The lowest BCUT2D eigenvalue weighted by atomic mass is 9.98. The van der Waals surface area contributed by atoms with Gasteiger partial charge >= 0.3 is 0 Å². The lowest BCUT2D eigenvalue weighted by molar-refractivity contribution is 0.669. The van der Waals surface area contributed by atoms with Crippen molar-refractivity contribution in [3.8, 4) is 27.9 Å². The predicted octanol–water partition coefficient (Wildman–Crippen LogP) is 15.4. The molecule has 12 aromatic rings. The van der Waals surface area contributed by atoms with Crippen LogP contribution in [0.25, 0.3) is 93.6 Å². The van der Waals surface area contributed by atoms with Crippen molar-refractivity contribution in [3.63, 3.8) is 0 Å². The second-order valence-corrected chi connectivity index (χ2v) is 14.9. The summed E-state index contributed by atoms with van der Waals surface area (Å²) in [5.41, 5.74) is 14.4. The van der Waals surface area contributed by atoms with Gasteiger partial charge in [-0.2, -0.15) is 0 Å².